The second-order valence-corrected chi connectivity index (χ2v) is 27.9. The first kappa shape index (κ1) is 65.1. The highest BCUT2D eigenvalue weighted by Crippen LogP contribution is 2.48. The zero-order valence-corrected chi connectivity index (χ0v) is 60.3. The molecule has 16 aromatic carbocycles. The van der Waals surface area contributed by atoms with Gasteiger partial charge in [0.25, 0.3) is 0 Å². The summed E-state index contributed by atoms with van der Waals surface area (Å²) in [6, 6.07) is 134. The Kier molecular flexibility index (Phi) is 16.0. The lowest BCUT2D eigenvalue weighted by Gasteiger charge is -2.14. The molecule has 0 atom stereocenters. The van der Waals surface area contributed by atoms with Crippen molar-refractivity contribution in [3.8, 4) is 124 Å². The Bertz CT molecular complexity index is 7340. The fourth-order valence-corrected chi connectivity index (χ4v) is 16.2. The van der Waals surface area contributed by atoms with Crippen LogP contribution in [0.1, 0.15) is 0 Å². The lowest BCUT2D eigenvalue weighted by Crippen LogP contribution is -2.03. The molecule has 0 radical (unpaired) electrons. The van der Waals surface area contributed by atoms with Crippen LogP contribution in [-0.4, -0.2) is 39.0 Å². The molecule has 0 saturated heterocycles. The maximum Gasteiger partial charge on any atom is 0.166 e. The molecule has 0 aliphatic rings. The standard InChI is InChI=1S/2C51H32N4O/c1-4-16-33(17-5-1)36-22-14-23-37(32-36)50-52-49(35-20-8-3-9-21-35)53-51(54-50)40-25-11-13-29-43(40)55-42-28-12-10-24-39(42)46-44(55)30-31-45-47(46)41-27-15-26-38(48(41)56-45)34-18-6-2-7-19-34;1-4-15-33(16-5-1)34-27-29-37(30-28-34)50-52-49(36-19-8-3-9-20-36)53-51(54-50)40-22-11-13-26-43(40)55-42-25-12-10-21-39(42)46-44(55)31-32-45-47(46)41-24-14-23-38(48(41)56-45)35-17-6-2-7-18-35/h2*1-32H. The number of furan rings is 2. The average Bonchev–Trinajstić information content (AvgIpc) is 1.56. The molecule has 524 valence electrons. The van der Waals surface area contributed by atoms with Gasteiger partial charge in [-0.25, -0.2) is 29.9 Å². The Morgan fingerprint density at radius 3 is 0.920 bits per heavy atom. The summed E-state index contributed by atoms with van der Waals surface area (Å²) in [7, 11) is 0. The summed E-state index contributed by atoms with van der Waals surface area (Å²) in [5.74, 6) is 3.67. The van der Waals surface area contributed by atoms with Crippen LogP contribution in [0.5, 0.6) is 0 Å². The number of para-hydroxylation sites is 6. The van der Waals surface area contributed by atoms with E-state index in [-0.39, 0.29) is 0 Å². The van der Waals surface area contributed by atoms with Crippen molar-refractivity contribution in [3.63, 3.8) is 0 Å². The van der Waals surface area contributed by atoms with Gasteiger partial charge in [-0.1, -0.05) is 322 Å². The van der Waals surface area contributed by atoms with E-state index in [0.717, 1.165) is 177 Å². The summed E-state index contributed by atoms with van der Waals surface area (Å²) in [5.41, 5.74) is 24.2. The molecule has 22 aromatic rings. The molecular formula is C102H64N8O2. The summed E-state index contributed by atoms with van der Waals surface area (Å²) in [6.07, 6.45) is 0. The topological polar surface area (TPSA) is 113 Å². The normalized spacial score (nSPS) is 11.6. The van der Waals surface area contributed by atoms with E-state index in [1.807, 2.05) is 84.9 Å². The van der Waals surface area contributed by atoms with Crippen molar-refractivity contribution in [3.05, 3.63) is 388 Å². The summed E-state index contributed by atoms with van der Waals surface area (Å²) in [4.78, 5) is 30.9. The zero-order valence-electron chi connectivity index (χ0n) is 60.3. The van der Waals surface area contributed by atoms with Gasteiger partial charge in [-0.15, -0.1) is 0 Å². The first-order valence-electron chi connectivity index (χ1n) is 37.6. The van der Waals surface area contributed by atoms with E-state index in [9.17, 15) is 0 Å². The van der Waals surface area contributed by atoms with Gasteiger partial charge in [0.15, 0.2) is 34.9 Å². The van der Waals surface area contributed by atoms with E-state index in [1.54, 1.807) is 0 Å². The molecule has 22 rings (SSSR count). The minimum Gasteiger partial charge on any atom is -0.455 e. The molecule has 0 unspecified atom stereocenters. The first-order valence-corrected chi connectivity index (χ1v) is 37.6. The predicted octanol–water partition coefficient (Wildman–Crippen LogP) is 26.4. The molecule has 0 fully saturated rings. The van der Waals surface area contributed by atoms with Crippen molar-refractivity contribution >= 4 is 87.5 Å². The summed E-state index contributed by atoms with van der Waals surface area (Å²) < 4.78 is 18.1. The van der Waals surface area contributed by atoms with Gasteiger partial charge in [0, 0.05) is 87.6 Å². The van der Waals surface area contributed by atoms with Crippen LogP contribution in [-0.2, 0) is 0 Å². The van der Waals surface area contributed by atoms with Crippen molar-refractivity contribution in [2.45, 2.75) is 0 Å². The summed E-state index contributed by atoms with van der Waals surface area (Å²) in [5, 5.41) is 9.00. The van der Waals surface area contributed by atoms with Crippen LogP contribution in [0.3, 0.4) is 0 Å². The Labute approximate surface area is 643 Å². The molecule has 0 spiro atoms. The molecule has 10 nitrogen and oxygen atoms in total. The first-order chi connectivity index (χ1) is 55.6. The summed E-state index contributed by atoms with van der Waals surface area (Å²) >= 11 is 0. The Balaban J connectivity index is 0.000000141. The van der Waals surface area contributed by atoms with E-state index in [1.165, 1.54) is 0 Å². The Hall–Kier alpha value is -15.3. The molecule has 6 aromatic heterocycles. The molecule has 0 N–H and O–H groups in total. The van der Waals surface area contributed by atoms with Gasteiger partial charge in [-0.2, -0.15) is 0 Å². The number of fused-ring (bicyclic) bond motifs is 14. The molecule has 10 heteroatoms. The highest BCUT2D eigenvalue weighted by molar-refractivity contribution is 6.30. The maximum absolute atomic E-state index is 6.71. The van der Waals surface area contributed by atoms with Crippen molar-refractivity contribution < 1.29 is 8.83 Å². The lowest BCUT2D eigenvalue weighted by molar-refractivity contribution is 0.670. The fraction of sp³-hybridized carbons (Fsp3) is 0. The zero-order chi connectivity index (χ0) is 74.0. The molecule has 6 heterocycles. The third kappa shape index (κ3) is 11.4. The number of nitrogens with zero attached hydrogens (tertiary/aromatic N) is 8. The molecule has 0 aliphatic carbocycles. The summed E-state index contributed by atoms with van der Waals surface area (Å²) in [6.45, 7) is 0. The van der Waals surface area contributed by atoms with Gasteiger partial charge < -0.3 is 18.0 Å². The lowest BCUT2D eigenvalue weighted by atomic mass is 10.0. The SMILES string of the molecule is c1ccc(-c2ccc(-c3nc(-c4ccccc4)nc(-c4ccccc4-n4c5ccccc5c5c6c(ccc54)oc4c(-c5ccccc5)cccc46)n3)cc2)cc1.c1ccc(-c2cccc(-c3nc(-c4ccccc4)nc(-c4ccccc4-n4c5ccccc5c5c6c(ccc54)oc4c(-c5ccccc5)cccc46)n3)c2)cc1. The minimum absolute atomic E-state index is 0.600. The van der Waals surface area contributed by atoms with E-state index >= 15 is 0 Å². The van der Waals surface area contributed by atoms with Gasteiger partial charge in [0.05, 0.1) is 33.4 Å². The minimum atomic E-state index is 0.600. The van der Waals surface area contributed by atoms with Crippen molar-refractivity contribution in [1.29, 1.82) is 0 Å². The predicted molar refractivity (Wildman–Crippen MR) is 457 cm³/mol. The monoisotopic (exact) mass is 1430 g/mol. The van der Waals surface area contributed by atoms with Crippen LogP contribution in [0, 0.1) is 0 Å². The van der Waals surface area contributed by atoms with Crippen LogP contribution in [0.15, 0.2) is 397 Å². The maximum atomic E-state index is 6.71. The fourth-order valence-electron chi connectivity index (χ4n) is 16.2. The Morgan fingerprint density at radius 1 is 0.179 bits per heavy atom. The molecule has 0 aliphatic heterocycles. The van der Waals surface area contributed by atoms with E-state index in [0.29, 0.717) is 34.9 Å². The van der Waals surface area contributed by atoms with Gasteiger partial charge in [-0.05, 0) is 100 Å². The molecular weight excluding hydrogens is 1370 g/mol. The number of hydrogen-bond donors (Lipinski definition) is 0. The third-order valence-corrected chi connectivity index (χ3v) is 21.3. The third-order valence-electron chi connectivity index (χ3n) is 21.3. The molecule has 0 amide bonds. The van der Waals surface area contributed by atoms with E-state index in [4.69, 9.17) is 38.7 Å². The average molecular weight is 1430 g/mol. The van der Waals surface area contributed by atoms with Crippen LogP contribution in [0.2, 0.25) is 0 Å². The Morgan fingerprint density at radius 2 is 0.473 bits per heavy atom. The van der Waals surface area contributed by atoms with Crippen molar-refractivity contribution in [2.24, 2.45) is 0 Å². The number of rotatable bonds is 12. The van der Waals surface area contributed by atoms with Crippen molar-refractivity contribution in [2.75, 3.05) is 0 Å². The van der Waals surface area contributed by atoms with E-state index < -0.39 is 0 Å². The highest BCUT2D eigenvalue weighted by atomic mass is 16.3. The van der Waals surface area contributed by atoms with Gasteiger partial charge in [0.1, 0.15) is 22.3 Å². The van der Waals surface area contributed by atoms with Gasteiger partial charge >= 0.3 is 0 Å². The van der Waals surface area contributed by atoms with Crippen molar-refractivity contribution in [1.82, 2.24) is 39.0 Å². The van der Waals surface area contributed by atoms with Gasteiger partial charge in [0.2, 0.25) is 0 Å². The molecule has 0 bridgehead atoms. The van der Waals surface area contributed by atoms with Crippen LogP contribution in [0.4, 0.5) is 0 Å². The largest absolute Gasteiger partial charge is 0.455 e. The number of benzene rings is 16. The number of aromatic nitrogens is 8. The van der Waals surface area contributed by atoms with Crippen LogP contribution in [0.25, 0.3) is 212 Å². The quantitative estimate of drug-likeness (QED) is 0.119. The van der Waals surface area contributed by atoms with Crippen LogP contribution < -0.4 is 0 Å². The van der Waals surface area contributed by atoms with Crippen LogP contribution >= 0.6 is 0 Å². The molecule has 0 saturated carbocycles. The molecule has 112 heavy (non-hydrogen) atoms. The smallest absolute Gasteiger partial charge is 0.166 e. The number of hydrogen-bond acceptors (Lipinski definition) is 8. The van der Waals surface area contributed by atoms with Gasteiger partial charge in [-0.3, -0.25) is 0 Å². The second-order valence-electron chi connectivity index (χ2n) is 27.9. The highest BCUT2D eigenvalue weighted by Gasteiger charge is 2.26. The second kappa shape index (κ2) is 27.5. The van der Waals surface area contributed by atoms with E-state index in [2.05, 4.69) is 312 Å².